The molecule has 1 aliphatic heterocycles. The van der Waals surface area contributed by atoms with Gasteiger partial charge in [-0.15, -0.1) is 0 Å². The predicted octanol–water partition coefficient (Wildman–Crippen LogP) is 5.45. The van der Waals surface area contributed by atoms with Crippen molar-refractivity contribution in [3.05, 3.63) is 95.1 Å². The molecule has 1 fully saturated rings. The number of fused-ring (bicyclic) bond motifs is 3. The van der Waals surface area contributed by atoms with Crippen molar-refractivity contribution in [3.8, 4) is 11.1 Å². The van der Waals surface area contributed by atoms with E-state index in [9.17, 15) is 9.59 Å². The molecule has 1 unspecified atom stereocenters. The lowest BCUT2D eigenvalue weighted by Crippen LogP contribution is -2.44. The number of cyclic esters (lactones) is 1. The molecule has 0 spiro atoms. The molecule has 2 aliphatic rings. The van der Waals surface area contributed by atoms with Crippen LogP contribution in [0.25, 0.3) is 11.1 Å². The van der Waals surface area contributed by atoms with Crippen LogP contribution in [0.1, 0.15) is 41.5 Å². The number of hydrogen-bond acceptors (Lipinski definition) is 4. The summed E-state index contributed by atoms with van der Waals surface area (Å²) < 4.78 is 11.4. The number of aryl methyl sites for hydroxylation is 1. The second-order valence-electron chi connectivity index (χ2n) is 8.72. The number of carbonyl (C=O) groups excluding carboxylic acids is 2. The van der Waals surface area contributed by atoms with Crippen molar-refractivity contribution in [3.63, 3.8) is 0 Å². The Kier molecular flexibility index (Phi) is 5.63. The fourth-order valence-corrected chi connectivity index (χ4v) is 4.91. The molecule has 0 saturated carbocycles. The molecule has 1 amide bonds. The van der Waals surface area contributed by atoms with Crippen molar-refractivity contribution in [2.45, 2.75) is 44.9 Å². The Bertz CT molecular complexity index is 1140. The number of ether oxygens (including phenoxy) is 2. The standard InChI is InChI=1S/C28H27NO4/c1-3-26-29(25(27(30)33-26)16-19-14-12-18(2)13-15-19)28(31)32-17-24-22-10-6-4-8-20(22)21-9-5-7-11-23(21)24/h4-15,24-26H,3,16-17H2,1-2H3/t25-,26?/m0/s1. The lowest BCUT2D eigenvalue weighted by Gasteiger charge is -2.26. The Balaban J connectivity index is 1.35. The summed E-state index contributed by atoms with van der Waals surface area (Å²) in [6.45, 7) is 4.13. The van der Waals surface area contributed by atoms with Crippen LogP contribution in [0.4, 0.5) is 4.79 Å². The van der Waals surface area contributed by atoms with Gasteiger partial charge in [0.2, 0.25) is 0 Å². The van der Waals surface area contributed by atoms with Gasteiger partial charge in [0.25, 0.3) is 0 Å². The summed E-state index contributed by atoms with van der Waals surface area (Å²) in [6.07, 6.45) is -0.199. The predicted molar refractivity (Wildman–Crippen MR) is 126 cm³/mol. The topological polar surface area (TPSA) is 55.8 Å². The highest BCUT2D eigenvalue weighted by atomic mass is 16.6. The van der Waals surface area contributed by atoms with Crippen molar-refractivity contribution < 1.29 is 19.1 Å². The van der Waals surface area contributed by atoms with Gasteiger partial charge >= 0.3 is 12.1 Å². The molecule has 0 bridgehead atoms. The quantitative estimate of drug-likeness (QED) is 0.494. The Morgan fingerprint density at radius 2 is 1.55 bits per heavy atom. The van der Waals surface area contributed by atoms with Crippen LogP contribution in [0.5, 0.6) is 0 Å². The first-order valence-corrected chi connectivity index (χ1v) is 11.5. The fourth-order valence-electron chi connectivity index (χ4n) is 4.91. The molecule has 5 rings (SSSR count). The molecule has 0 aromatic heterocycles. The minimum atomic E-state index is -0.687. The average Bonchev–Trinajstić information content (AvgIpc) is 3.33. The first kappa shape index (κ1) is 21.3. The SMILES string of the molecule is CCC1OC(=O)[C@H](Cc2ccc(C)cc2)N1C(=O)OCC1c2ccccc2-c2ccccc21. The smallest absolute Gasteiger partial charge is 0.413 e. The van der Waals surface area contributed by atoms with Crippen LogP contribution < -0.4 is 0 Å². The molecule has 1 saturated heterocycles. The van der Waals surface area contributed by atoms with Crippen molar-refractivity contribution in [1.29, 1.82) is 0 Å². The number of nitrogens with zero attached hydrogens (tertiary/aromatic N) is 1. The van der Waals surface area contributed by atoms with Crippen LogP contribution in [0, 0.1) is 6.92 Å². The molecule has 3 aromatic carbocycles. The molecule has 168 valence electrons. The summed E-state index contributed by atoms with van der Waals surface area (Å²) in [5, 5.41) is 0. The Hall–Kier alpha value is -3.60. The van der Waals surface area contributed by atoms with E-state index in [1.54, 1.807) is 0 Å². The highest BCUT2D eigenvalue weighted by Gasteiger charge is 2.45. The third-order valence-electron chi connectivity index (χ3n) is 6.62. The number of amides is 1. The number of carbonyl (C=O) groups is 2. The third kappa shape index (κ3) is 3.88. The number of benzene rings is 3. The van der Waals surface area contributed by atoms with Crippen molar-refractivity contribution in [1.82, 2.24) is 4.90 Å². The fraction of sp³-hybridized carbons (Fsp3) is 0.286. The van der Waals surface area contributed by atoms with Gasteiger partial charge in [-0.1, -0.05) is 85.3 Å². The maximum Gasteiger partial charge on any atom is 0.413 e. The van der Waals surface area contributed by atoms with Crippen LogP contribution in [0.2, 0.25) is 0 Å². The minimum Gasteiger partial charge on any atom is -0.448 e. The molecular weight excluding hydrogens is 414 g/mol. The van der Waals surface area contributed by atoms with Crippen LogP contribution in [0.3, 0.4) is 0 Å². The summed E-state index contributed by atoms with van der Waals surface area (Å²) in [5.41, 5.74) is 6.80. The number of rotatable bonds is 5. The molecular formula is C28H27NO4. The van der Waals surface area contributed by atoms with Gasteiger partial charge < -0.3 is 9.47 Å². The van der Waals surface area contributed by atoms with E-state index in [1.807, 2.05) is 62.4 Å². The molecule has 5 nitrogen and oxygen atoms in total. The Labute approximate surface area is 193 Å². The molecule has 3 aromatic rings. The average molecular weight is 442 g/mol. The Morgan fingerprint density at radius 1 is 0.939 bits per heavy atom. The van der Waals surface area contributed by atoms with Gasteiger partial charge in [-0.3, -0.25) is 4.90 Å². The molecule has 2 atom stereocenters. The van der Waals surface area contributed by atoms with Crippen LogP contribution in [-0.4, -0.2) is 35.8 Å². The van der Waals surface area contributed by atoms with Crippen LogP contribution in [0.15, 0.2) is 72.8 Å². The largest absolute Gasteiger partial charge is 0.448 e. The lowest BCUT2D eigenvalue weighted by molar-refractivity contribution is -0.142. The zero-order valence-electron chi connectivity index (χ0n) is 18.9. The molecule has 0 N–H and O–H groups in total. The molecule has 0 radical (unpaired) electrons. The highest BCUT2D eigenvalue weighted by molar-refractivity contribution is 5.85. The van der Waals surface area contributed by atoms with Gasteiger partial charge in [-0.25, -0.2) is 9.59 Å². The van der Waals surface area contributed by atoms with Gasteiger partial charge in [0.15, 0.2) is 6.23 Å². The van der Waals surface area contributed by atoms with E-state index < -0.39 is 18.4 Å². The van der Waals surface area contributed by atoms with Crippen LogP contribution in [-0.2, 0) is 20.7 Å². The van der Waals surface area contributed by atoms with Crippen molar-refractivity contribution in [2.75, 3.05) is 6.61 Å². The van der Waals surface area contributed by atoms with E-state index in [2.05, 4.69) is 24.3 Å². The molecule has 1 heterocycles. The van der Waals surface area contributed by atoms with Gasteiger partial charge in [-0.05, 0) is 34.7 Å². The maximum absolute atomic E-state index is 13.3. The monoisotopic (exact) mass is 441 g/mol. The normalized spacial score (nSPS) is 19.2. The van der Waals surface area contributed by atoms with Gasteiger partial charge in [0.1, 0.15) is 12.6 Å². The summed E-state index contributed by atoms with van der Waals surface area (Å²) in [6, 6.07) is 23.8. The van der Waals surface area contributed by atoms with Gasteiger partial charge in [0.05, 0.1) is 0 Å². The minimum absolute atomic E-state index is 0.0313. The summed E-state index contributed by atoms with van der Waals surface area (Å²) in [7, 11) is 0. The van der Waals surface area contributed by atoms with Gasteiger partial charge in [-0.2, -0.15) is 0 Å². The summed E-state index contributed by atoms with van der Waals surface area (Å²) in [4.78, 5) is 27.4. The second-order valence-corrected chi connectivity index (χ2v) is 8.72. The highest BCUT2D eigenvalue weighted by Crippen LogP contribution is 2.44. The molecule has 1 aliphatic carbocycles. The number of hydrogen-bond donors (Lipinski definition) is 0. The summed E-state index contributed by atoms with van der Waals surface area (Å²) in [5.74, 6) is -0.410. The van der Waals surface area contributed by atoms with E-state index >= 15 is 0 Å². The second kappa shape index (κ2) is 8.74. The maximum atomic E-state index is 13.3. The van der Waals surface area contributed by atoms with Crippen molar-refractivity contribution in [2.24, 2.45) is 0 Å². The first-order valence-electron chi connectivity index (χ1n) is 11.5. The lowest BCUT2D eigenvalue weighted by atomic mass is 9.98. The van der Waals surface area contributed by atoms with E-state index in [1.165, 1.54) is 16.0 Å². The van der Waals surface area contributed by atoms with E-state index in [4.69, 9.17) is 9.47 Å². The number of esters is 1. The van der Waals surface area contributed by atoms with E-state index in [0.29, 0.717) is 12.8 Å². The zero-order chi connectivity index (χ0) is 22.9. The van der Waals surface area contributed by atoms with Crippen molar-refractivity contribution >= 4 is 12.1 Å². The first-order chi connectivity index (χ1) is 16.1. The molecule has 5 heteroatoms. The van der Waals surface area contributed by atoms with Crippen LogP contribution >= 0.6 is 0 Å². The Morgan fingerprint density at radius 3 is 2.15 bits per heavy atom. The summed E-state index contributed by atoms with van der Waals surface area (Å²) >= 11 is 0. The third-order valence-corrected chi connectivity index (χ3v) is 6.62. The zero-order valence-corrected chi connectivity index (χ0v) is 18.9. The molecule has 33 heavy (non-hydrogen) atoms. The van der Waals surface area contributed by atoms with E-state index in [0.717, 1.165) is 22.3 Å². The van der Waals surface area contributed by atoms with E-state index in [-0.39, 0.29) is 18.5 Å². The van der Waals surface area contributed by atoms with Gasteiger partial charge in [0, 0.05) is 18.8 Å².